The minimum absolute atomic E-state index is 0.0306. The zero-order chi connectivity index (χ0) is 11.9. The molecule has 4 nitrogen and oxygen atoms in total. The van der Waals surface area contributed by atoms with Gasteiger partial charge in [-0.15, -0.1) is 0 Å². The van der Waals surface area contributed by atoms with Crippen molar-refractivity contribution in [2.45, 2.75) is 19.3 Å². The second-order valence-electron chi connectivity index (χ2n) is 4.26. The molecule has 0 atom stereocenters. The molecule has 0 aliphatic heterocycles. The van der Waals surface area contributed by atoms with Crippen LogP contribution in [-0.4, -0.2) is 44.7 Å². The molecule has 0 aromatic rings. The number of ether oxygens (including phenoxy) is 2. The van der Waals surface area contributed by atoms with Crippen LogP contribution in [0.3, 0.4) is 0 Å². The van der Waals surface area contributed by atoms with Crippen LogP contribution in [0.5, 0.6) is 0 Å². The maximum Gasteiger partial charge on any atom is 0.246 e. The van der Waals surface area contributed by atoms with E-state index in [4.69, 9.17) is 9.47 Å². The minimum Gasteiger partial charge on any atom is -0.382 e. The largest absolute Gasteiger partial charge is 0.382 e. The molecule has 16 heavy (non-hydrogen) atoms. The number of amides is 1. The van der Waals surface area contributed by atoms with E-state index in [-0.39, 0.29) is 12.5 Å². The van der Waals surface area contributed by atoms with Crippen molar-refractivity contribution in [3.05, 3.63) is 0 Å². The Hall–Kier alpha value is -0.130. The first-order valence-corrected chi connectivity index (χ1v) is 6.74. The highest BCUT2D eigenvalue weighted by Gasteiger charge is 2.41. The first kappa shape index (κ1) is 13.9. The van der Waals surface area contributed by atoms with Gasteiger partial charge in [0.15, 0.2) is 0 Å². The average Bonchev–Trinajstić information content (AvgIpc) is 3.03. The van der Waals surface area contributed by atoms with Crippen LogP contribution in [0.25, 0.3) is 0 Å². The fourth-order valence-electron chi connectivity index (χ4n) is 1.54. The van der Waals surface area contributed by atoms with E-state index < -0.39 is 0 Å². The van der Waals surface area contributed by atoms with Crippen LogP contribution in [0.1, 0.15) is 19.3 Å². The molecule has 1 N–H and O–H groups in total. The number of nitrogens with one attached hydrogen (secondary N) is 1. The second kappa shape index (κ2) is 7.25. The summed E-state index contributed by atoms with van der Waals surface area (Å²) in [7, 11) is 1.61. The Balaban J connectivity index is 2.02. The lowest BCUT2D eigenvalue weighted by molar-refractivity contribution is -0.126. The molecule has 94 valence electrons. The van der Waals surface area contributed by atoms with Crippen molar-refractivity contribution in [3.8, 4) is 0 Å². The average molecular weight is 294 g/mol. The Bertz CT molecular complexity index is 219. The highest BCUT2D eigenvalue weighted by molar-refractivity contribution is 9.09. The van der Waals surface area contributed by atoms with E-state index >= 15 is 0 Å². The van der Waals surface area contributed by atoms with Crippen LogP contribution >= 0.6 is 15.9 Å². The van der Waals surface area contributed by atoms with Crippen molar-refractivity contribution >= 4 is 21.8 Å². The van der Waals surface area contributed by atoms with Gasteiger partial charge in [0.05, 0.1) is 13.2 Å². The van der Waals surface area contributed by atoms with Crippen LogP contribution < -0.4 is 5.32 Å². The van der Waals surface area contributed by atoms with E-state index in [0.29, 0.717) is 18.6 Å². The molecule has 0 aromatic carbocycles. The summed E-state index contributed by atoms with van der Waals surface area (Å²) in [6.45, 7) is 1.91. The summed E-state index contributed by atoms with van der Waals surface area (Å²) in [6.07, 6.45) is 3.59. The van der Waals surface area contributed by atoms with Crippen molar-refractivity contribution in [2.24, 2.45) is 5.41 Å². The molecule has 1 aliphatic carbocycles. The molecule has 0 unspecified atom stereocenters. The van der Waals surface area contributed by atoms with Crippen molar-refractivity contribution in [1.82, 2.24) is 5.32 Å². The summed E-state index contributed by atoms with van der Waals surface area (Å²) in [6, 6.07) is 0. The smallest absolute Gasteiger partial charge is 0.246 e. The van der Waals surface area contributed by atoms with Crippen LogP contribution in [0.15, 0.2) is 0 Å². The third-order valence-corrected chi connectivity index (χ3v) is 3.30. The van der Waals surface area contributed by atoms with Crippen LogP contribution in [-0.2, 0) is 14.3 Å². The lowest BCUT2D eigenvalue weighted by Gasteiger charge is -2.14. The van der Waals surface area contributed by atoms with Gasteiger partial charge in [-0.3, -0.25) is 4.79 Å². The molecular formula is C11H20BrNO3. The quantitative estimate of drug-likeness (QED) is 0.515. The Kier molecular flexibility index (Phi) is 6.31. The van der Waals surface area contributed by atoms with E-state index in [1.54, 1.807) is 7.11 Å². The van der Waals surface area contributed by atoms with Gasteiger partial charge in [-0.2, -0.15) is 0 Å². The summed E-state index contributed by atoms with van der Waals surface area (Å²) in [4.78, 5) is 11.4. The Labute approximate surface area is 105 Å². The zero-order valence-electron chi connectivity index (χ0n) is 9.76. The number of alkyl halides is 1. The number of rotatable bonds is 9. The molecule has 1 rings (SSSR count). The molecule has 0 saturated heterocycles. The number of methoxy groups -OCH3 is 1. The third-order valence-electron chi connectivity index (χ3n) is 2.91. The molecule has 1 saturated carbocycles. The van der Waals surface area contributed by atoms with E-state index in [2.05, 4.69) is 21.2 Å². The SMILES string of the molecule is COCCOCC(=O)NCC1(CCBr)CC1. The van der Waals surface area contributed by atoms with Crippen molar-refractivity contribution in [1.29, 1.82) is 0 Å². The van der Waals surface area contributed by atoms with E-state index in [1.807, 2.05) is 0 Å². The van der Waals surface area contributed by atoms with Crippen LogP contribution in [0.2, 0.25) is 0 Å². The molecule has 0 heterocycles. The summed E-state index contributed by atoms with van der Waals surface area (Å²) >= 11 is 3.44. The van der Waals surface area contributed by atoms with E-state index in [1.165, 1.54) is 12.8 Å². The number of hydrogen-bond donors (Lipinski definition) is 1. The number of halogens is 1. The second-order valence-corrected chi connectivity index (χ2v) is 5.05. The van der Waals surface area contributed by atoms with Gasteiger partial charge in [-0.05, 0) is 24.7 Å². The highest BCUT2D eigenvalue weighted by atomic mass is 79.9. The van der Waals surface area contributed by atoms with Gasteiger partial charge in [-0.1, -0.05) is 15.9 Å². The highest BCUT2D eigenvalue weighted by Crippen LogP contribution is 2.48. The summed E-state index contributed by atoms with van der Waals surface area (Å²) < 4.78 is 9.95. The van der Waals surface area contributed by atoms with Gasteiger partial charge in [0.2, 0.25) is 5.91 Å². The van der Waals surface area contributed by atoms with Gasteiger partial charge in [0.25, 0.3) is 0 Å². The van der Waals surface area contributed by atoms with Gasteiger partial charge >= 0.3 is 0 Å². The van der Waals surface area contributed by atoms with E-state index in [9.17, 15) is 4.79 Å². The predicted octanol–water partition coefficient (Wildman–Crippen LogP) is 1.33. The Morgan fingerprint density at radius 1 is 1.44 bits per heavy atom. The standard InChI is InChI=1S/C11H20BrNO3/c1-15-6-7-16-8-10(14)13-9-11(2-3-11)4-5-12/h2-9H2,1H3,(H,13,14). The van der Waals surface area contributed by atoms with Crippen molar-refractivity contribution in [2.75, 3.05) is 38.8 Å². The van der Waals surface area contributed by atoms with Gasteiger partial charge in [0.1, 0.15) is 6.61 Å². The normalized spacial score (nSPS) is 17.1. The van der Waals surface area contributed by atoms with Gasteiger partial charge < -0.3 is 14.8 Å². The summed E-state index contributed by atoms with van der Waals surface area (Å²) in [5.74, 6) is -0.0306. The van der Waals surface area contributed by atoms with Crippen LogP contribution in [0, 0.1) is 5.41 Å². The fraction of sp³-hybridized carbons (Fsp3) is 0.909. The first-order chi connectivity index (χ1) is 7.72. The monoisotopic (exact) mass is 293 g/mol. The van der Waals surface area contributed by atoms with Gasteiger partial charge in [-0.25, -0.2) is 0 Å². The number of carbonyl (C=O) groups excluding carboxylic acids is 1. The summed E-state index contributed by atoms with van der Waals surface area (Å²) in [5.41, 5.74) is 0.367. The Morgan fingerprint density at radius 2 is 2.19 bits per heavy atom. The molecule has 1 fully saturated rings. The topological polar surface area (TPSA) is 47.6 Å². The lowest BCUT2D eigenvalue weighted by atomic mass is 10.0. The van der Waals surface area contributed by atoms with Gasteiger partial charge in [0, 0.05) is 19.0 Å². The first-order valence-electron chi connectivity index (χ1n) is 5.62. The number of hydrogen-bond acceptors (Lipinski definition) is 3. The molecule has 1 amide bonds. The predicted molar refractivity (Wildman–Crippen MR) is 65.8 cm³/mol. The molecule has 0 aromatic heterocycles. The Morgan fingerprint density at radius 3 is 2.75 bits per heavy atom. The van der Waals surface area contributed by atoms with Crippen molar-refractivity contribution in [3.63, 3.8) is 0 Å². The molecule has 1 aliphatic rings. The lowest BCUT2D eigenvalue weighted by Crippen LogP contribution is -2.33. The minimum atomic E-state index is -0.0306. The molecule has 0 spiro atoms. The molecule has 5 heteroatoms. The molecule has 0 radical (unpaired) electrons. The fourth-order valence-corrected chi connectivity index (χ4v) is 2.38. The van der Waals surface area contributed by atoms with Crippen LogP contribution in [0.4, 0.5) is 0 Å². The van der Waals surface area contributed by atoms with Crippen molar-refractivity contribution < 1.29 is 14.3 Å². The zero-order valence-corrected chi connectivity index (χ0v) is 11.3. The molecule has 0 bridgehead atoms. The third kappa shape index (κ3) is 5.27. The molecular weight excluding hydrogens is 274 g/mol. The van der Waals surface area contributed by atoms with E-state index in [0.717, 1.165) is 18.3 Å². The summed E-state index contributed by atoms with van der Waals surface area (Å²) in [5, 5.41) is 3.93. The maximum atomic E-state index is 11.4. The number of carbonyl (C=O) groups is 1. The maximum absolute atomic E-state index is 11.4.